The van der Waals surface area contributed by atoms with Gasteiger partial charge in [-0.05, 0) is 40.8 Å². The maximum Gasteiger partial charge on any atom is 0.137 e. The number of aryl methyl sites for hydroxylation is 1. The van der Waals surface area contributed by atoms with E-state index in [4.69, 9.17) is 0 Å². The van der Waals surface area contributed by atoms with Crippen molar-refractivity contribution in [2.24, 2.45) is 7.05 Å². The van der Waals surface area contributed by atoms with Gasteiger partial charge in [0.1, 0.15) is 12.1 Å². The van der Waals surface area contributed by atoms with Crippen LogP contribution in [0.15, 0.2) is 66.4 Å². The largest absolute Gasteiger partial charge is 0.365 e. The van der Waals surface area contributed by atoms with E-state index >= 15 is 0 Å². The summed E-state index contributed by atoms with van der Waals surface area (Å²) in [6, 6.07) is 16.9. The number of rotatable bonds is 4. The Labute approximate surface area is 160 Å². The van der Waals surface area contributed by atoms with E-state index in [1.54, 1.807) is 17.7 Å². The van der Waals surface area contributed by atoms with Crippen LogP contribution in [-0.4, -0.2) is 19.7 Å². The first kappa shape index (κ1) is 16.0. The quantitative estimate of drug-likeness (QED) is 0.490. The number of anilines is 1. The van der Waals surface area contributed by atoms with Crippen LogP contribution in [0.1, 0.15) is 4.88 Å². The highest BCUT2D eigenvalue weighted by atomic mass is 32.1. The van der Waals surface area contributed by atoms with Crippen molar-refractivity contribution >= 4 is 39.0 Å². The zero-order valence-electron chi connectivity index (χ0n) is 14.8. The topological polar surface area (TPSA) is 55.6 Å². The highest BCUT2D eigenvalue weighted by Gasteiger charge is 2.08. The summed E-state index contributed by atoms with van der Waals surface area (Å²) < 4.78 is 1.90. The van der Waals surface area contributed by atoms with Crippen LogP contribution in [0.25, 0.3) is 32.9 Å². The summed E-state index contributed by atoms with van der Waals surface area (Å²) in [7, 11) is 1.97. The number of hydrogen-bond donors (Lipinski definition) is 1. The van der Waals surface area contributed by atoms with Gasteiger partial charge in [-0.3, -0.25) is 4.68 Å². The van der Waals surface area contributed by atoms with Crippen molar-refractivity contribution in [3.8, 4) is 11.1 Å². The van der Waals surface area contributed by atoms with Crippen molar-refractivity contribution in [2.45, 2.75) is 6.54 Å². The highest BCUT2D eigenvalue weighted by molar-refractivity contribution is 7.09. The molecule has 6 heteroatoms. The second-order valence-electron chi connectivity index (χ2n) is 6.43. The molecule has 3 aromatic heterocycles. The Kier molecular flexibility index (Phi) is 3.83. The summed E-state index contributed by atoms with van der Waals surface area (Å²) in [6.45, 7) is 0.759. The van der Waals surface area contributed by atoms with Gasteiger partial charge in [0.05, 0.1) is 23.8 Å². The van der Waals surface area contributed by atoms with Crippen LogP contribution in [0.4, 0.5) is 5.82 Å². The molecule has 0 fully saturated rings. The second-order valence-corrected chi connectivity index (χ2v) is 7.46. The van der Waals surface area contributed by atoms with E-state index in [1.165, 1.54) is 4.88 Å². The molecule has 3 heterocycles. The maximum absolute atomic E-state index is 4.47. The Bertz CT molecular complexity index is 1240. The summed E-state index contributed by atoms with van der Waals surface area (Å²) in [5.41, 5.74) is 4.35. The molecule has 0 spiro atoms. The van der Waals surface area contributed by atoms with Gasteiger partial charge in [-0.2, -0.15) is 5.10 Å². The number of nitrogens with one attached hydrogen (secondary N) is 1. The van der Waals surface area contributed by atoms with Crippen LogP contribution in [-0.2, 0) is 13.6 Å². The van der Waals surface area contributed by atoms with Crippen molar-refractivity contribution in [1.29, 1.82) is 0 Å². The van der Waals surface area contributed by atoms with Crippen LogP contribution in [0.2, 0.25) is 0 Å². The van der Waals surface area contributed by atoms with Crippen molar-refractivity contribution in [1.82, 2.24) is 19.7 Å². The summed E-state index contributed by atoms with van der Waals surface area (Å²) in [6.07, 6.45) is 3.50. The van der Waals surface area contributed by atoms with E-state index in [2.05, 4.69) is 74.3 Å². The Balaban J connectivity index is 1.56. The van der Waals surface area contributed by atoms with Gasteiger partial charge in [0.2, 0.25) is 0 Å². The lowest BCUT2D eigenvalue weighted by molar-refractivity contribution is 0.797. The van der Waals surface area contributed by atoms with Crippen LogP contribution >= 0.6 is 11.3 Å². The van der Waals surface area contributed by atoms with E-state index in [9.17, 15) is 0 Å². The number of aromatic nitrogens is 4. The third-order valence-corrected chi connectivity index (χ3v) is 5.60. The summed E-state index contributed by atoms with van der Waals surface area (Å²) in [5, 5.41) is 12.0. The first-order chi connectivity index (χ1) is 13.3. The number of benzene rings is 2. The molecule has 0 amide bonds. The van der Waals surface area contributed by atoms with Crippen molar-refractivity contribution < 1.29 is 0 Å². The minimum Gasteiger partial charge on any atom is -0.365 e. The normalized spacial score (nSPS) is 11.3. The summed E-state index contributed by atoms with van der Waals surface area (Å²) in [5.74, 6) is 0.858. The molecule has 1 N–H and O–H groups in total. The van der Waals surface area contributed by atoms with Gasteiger partial charge in [-0.1, -0.05) is 24.3 Å². The summed E-state index contributed by atoms with van der Waals surface area (Å²) in [4.78, 5) is 10.2. The molecule has 5 aromatic rings. The SMILES string of the molecule is Cn1ncc2ccc(-c3ccc4ncnc(NCc5cccs5)c4c3)cc21. The van der Waals surface area contributed by atoms with Crippen molar-refractivity contribution in [3.63, 3.8) is 0 Å². The Morgan fingerprint density at radius 3 is 2.81 bits per heavy atom. The van der Waals surface area contributed by atoms with E-state index in [0.717, 1.165) is 45.3 Å². The average molecular weight is 371 g/mol. The van der Waals surface area contributed by atoms with Gasteiger partial charge >= 0.3 is 0 Å². The molecule has 132 valence electrons. The van der Waals surface area contributed by atoms with Crippen LogP contribution in [0.3, 0.4) is 0 Å². The molecule has 5 rings (SSSR count). The van der Waals surface area contributed by atoms with Crippen molar-refractivity contribution in [2.75, 3.05) is 5.32 Å². The molecule has 0 bridgehead atoms. The van der Waals surface area contributed by atoms with Crippen molar-refractivity contribution in [3.05, 3.63) is 71.3 Å². The molecular formula is C21H17N5S. The third kappa shape index (κ3) is 2.94. The fraction of sp³-hybridized carbons (Fsp3) is 0.0952. The van der Waals surface area contributed by atoms with E-state index in [0.29, 0.717) is 0 Å². The molecule has 0 radical (unpaired) electrons. The lowest BCUT2D eigenvalue weighted by atomic mass is 10.0. The van der Waals surface area contributed by atoms with Crippen LogP contribution in [0, 0.1) is 0 Å². The smallest absolute Gasteiger partial charge is 0.137 e. The van der Waals surface area contributed by atoms with Crippen LogP contribution in [0.5, 0.6) is 0 Å². The molecule has 0 saturated carbocycles. The highest BCUT2D eigenvalue weighted by Crippen LogP contribution is 2.29. The minimum atomic E-state index is 0.759. The second kappa shape index (κ2) is 6.48. The molecule has 0 atom stereocenters. The van der Waals surface area contributed by atoms with Gasteiger partial charge in [0.15, 0.2) is 0 Å². The zero-order valence-corrected chi connectivity index (χ0v) is 15.6. The predicted octanol–water partition coefficient (Wildman–Crippen LogP) is 4.86. The average Bonchev–Trinajstić information content (AvgIpc) is 3.36. The van der Waals surface area contributed by atoms with Gasteiger partial charge in [-0.25, -0.2) is 9.97 Å². The van der Waals surface area contributed by atoms with Gasteiger partial charge in [-0.15, -0.1) is 11.3 Å². The molecule has 5 nitrogen and oxygen atoms in total. The molecular weight excluding hydrogens is 354 g/mol. The number of fused-ring (bicyclic) bond motifs is 2. The number of thiophene rings is 1. The standard InChI is InChI=1S/C21H17N5S/c1-26-20-10-15(4-5-16(20)11-25-26)14-6-7-19-18(9-14)21(24-13-23-19)22-12-17-3-2-8-27-17/h2-11,13H,12H2,1H3,(H,22,23,24). The zero-order chi connectivity index (χ0) is 18.2. The minimum absolute atomic E-state index is 0.759. The van der Waals surface area contributed by atoms with Gasteiger partial charge in [0, 0.05) is 22.7 Å². The third-order valence-electron chi connectivity index (χ3n) is 4.73. The number of nitrogens with zero attached hydrogens (tertiary/aromatic N) is 4. The molecule has 2 aromatic carbocycles. The molecule has 0 aliphatic carbocycles. The molecule has 0 aliphatic rings. The summed E-state index contributed by atoms with van der Waals surface area (Å²) >= 11 is 1.74. The Hall–Kier alpha value is -3.25. The first-order valence-corrected chi connectivity index (χ1v) is 9.59. The predicted molar refractivity (Wildman–Crippen MR) is 111 cm³/mol. The molecule has 27 heavy (non-hydrogen) atoms. The van der Waals surface area contributed by atoms with E-state index in [1.807, 2.05) is 17.9 Å². The molecule has 0 saturated heterocycles. The molecule has 0 unspecified atom stereocenters. The number of hydrogen-bond acceptors (Lipinski definition) is 5. The first-order valence-electron chi connectivity index (χ1n) is 8.71. The monoisotopic (exact) mass is 371 g/mol. The van der Waals surface area contributed by atoms with Gasteiger partial charge < -0.3 is 5.32 Å². The Morgan fingerprint density at radius 1 is 1.04 bits per heavy atom. The fourth-order valence-corrected chi connectivity index (χ4v) is 3.93. The maximum atomic E-state index is 4.47. The molecule has 0 aliphatic heterocycles. The van der Waals surface area contributed by atoms with E-state index in [-0.39, 0.29) is 0 Å². The van der Waals surface area contributed by atoms with Crippen LogP contribution < -0.4 is 5.32 Å². The fourth-order valence-electron chi connectivity index (χ4n) is 3.28. The lowest BCUT2D eigenvalue weighted by Crippen LogP contribution is -2.01. The van der Waals surface area contributed by atoms with Gasteiger partial charge in [0.25, 0.3) is 0 Å². The Morgan fingerprint density at radius 2 is 1.93 bits per heavy atom. The van der Waals surface area contributed by atoms with E-state index < -0.39 is 0 Å². The lowest BCUT2D eigenvalue weighted by Gasteiger charge is -2.09.